The van der Waals surface area contributed by atoms with E-state index in [1.165, 1.54) is 48.4 Å². The Bertz CT molecular complexity index is 1140. The van der Waals surface area contributed by atoms with Gasteiger partial charge in [-0.1, -0.05) is 73.7 Å². The molecule has 0 spiro atoms. The highest BCUT2D eigenvalue weighted by atomic mass is 16.3. The van der Waals surface area contributed by atoms with E-state index in [4.69, 9.17) is 9.40 Å². The molecule has 5 rings (SSSR count). The number of nitrogens with zero attached hydrogens (tertiary/aromatic N) is 1. The first kappa shape index (κ1) is 17.6. The van der Waals surface area contributed by atoms with Crippen molar-refractivity contribution in [3.63, 3.8) is 0 Å². The van der Waals surface area contributed by atoms with Crippen molar-refractivity contribution >= 4 is 37.6 Å². The van der Waals surface area contributed by atoms with Crippen LogP contribution >= 0.6 is 0 Å². The van der Waals surface area contributed by atoms with Gasteiger partial charge in [0, 0.05) is 22.5 Å². The smallest absolute Gasteiger partial charge is 0.144 e. The van der Waals surface area contributed by atoms with Crippen LogP contribution in [0.1, 0.15) is 37.7 Å². The minimum absolute atomic E-state index is 0.0954. The molecule has 0 N–H and O–H groups in total. The molecule has 2 aromatic carbocycles. The van der Waals surface area contributed by atoms with Crippen molar-refractivity contribution in [2.45, 2.75) is 37.3 Å². The average Bonchev–Trinajstić information content (AvgIpc) is 3.13. The minimum atomic E-state index is 0.0954. The molecular weight excluding hydrogens is 340 g/mol. The monoisotopic (exact) mass is 365 g/mol. The lowest BCUT2D eigenvalue weighted by Gasteiger charge is -2.38. The van der Waals surface area contributed by atoms with Crippen molar-refractivity contribution in [1.29, 1.82) is 0 Å². The zero-order chi connectivity index (χ0) is 19.1. The summed E-state index contributed by atoms with van der Waals surface area (Å²) in [5.41, 5.74) is 5.41. The number of furan rings is 1. The third-order valence-electron chi connectivity index (χ3n) is 6.79. The van der Waals surface area contributed by atoms with Gasteiger partial charge >= 0.3 is 0 Å². The quantitative estimate of drug-likeness (QED) is 0.494. The van der Waals surface area contributed by atoms with Crippen LogP contribution in [0, 0.1) is 5.92 Å². The molecular formula is C24H25B2NO. The maximum Gasteiger partial charge on any atom is 0.144 e. The fourth-order valence-corrected chi connectivity index (χ4v) is 5.12. The Morgan fingerprint density at radius 3 is 2.50 bits per heavy atom. The van der Waals surface area contributed by atoms with Gasteiger partial charge in [-0.15, -0.1) is 0 Å². The predicted molar refractivity (Wildman–Crippen MR) is 122 cm³/mol. The number of rotatable bonds is 3. The SMILES string of the molecule is BC(B)(c1cccnc1-c1cccc2c1oc1ccccc12)C1CCCCC1. The van der Waals surface area contributed by atoms with Crippen LogP contribution in [-0.2, 0) is 5.21 Å². The number of fused-ring (bicyclic) bond motifs is 3. The molecule has 28 heavy (non-hydrogen) atoms. The van der Waals surface area contributed by atoms with Crippen LogP contribution < -0.4 is 0 Å². The van der Waals surface area contributed by atoms with Crippen molar-refractivity contribution < 1.29 is 4.42 Å². The molecule has 0 bridgehead atoms. The van der Waals surface area contributed by atoms with E-state index in [-0.39, 0.29) is 5.21 Å². The average molecular weight is 365 g/mol. The third-order valence-corrected chi connectivity index (χ3v) is 6.79. The number of aromatic nitrogens is 1. The van der Waals surface area contributed by atoms with Gasteiger partial charge in [0.1, 0.15) is 26.9 Å². The van der Waals surface area contributed by atoms with E-state index in [0.717, 1.165) is 22.4 Å². The second-order valence-corrected chi connectivity index (χ2v) is 8.74. The maximum absolute atomic E-state index is 6.31. The van der Waals surface area contributed by atoms with Gasteiger partial charge in [-0.2, -0.15) is 0 Å². The summed E-state index contributed by atoms with van der Waals surface area (Å²) in [5.74, 6) is 0.707. The molecule has 1 aliphatic carbocycles. The molecule has 1 saturated carbocycles. The molecule has 4 heteroatoms. The van der Waals surface area contributed by atoms with Gasteiger partial charge in [-0.05, 0) is 29.7 Å². The number of hydrogen-bond donors (Lipinski definition) is 0. The zero-order valence-electron chi connectivity index (χ0n) is 16.7. The molecule has 2 heterocycles. The summed E-state index contributed by atoms with van der Waals surface area (Å²) in [7, 11) is 4.81. The van der Waals surface area contributed by atoms with Gasteiger partial charge in [0.2, 0.25) is 0 Å². The molecule has 4 aromatic rings. The van der Waals surface area contributed by atoms with Crippen molar-refractivity contribution in [2.75, 3.05) is 0 Å². The zero-order valence-corrected chi connectivity index (χ0v) is 16.7. The Kier molecular flexibility index (Phi) is 4.30. The van der Waals surface area contributed by atoms with Crippen LogP contribution in [-0.4, -0.2) is 20.7 Å². The molecule has 1 fully saturated rings. The Hall–Kier alpha value is -2.48. The Morgan fingerprint density at radius 2 is 1.64 bits per heavy atom. The topological polar surface area (TPSA) is 26.0 Å². The van der Waals surface area contributed by atoms with E-state index in [1.54, 1.807) is 0 Å². The first-order valence-corrected chi connectivity index (χ1v) is 10.5. The molecule has 2 nitrogen and oxygen atoms in total. The van der Waals surface area contributed by atoms with Crippen molar-refractivity contribution in [3.05, 3.63) is 66.4 Å². The lowest BCUT2D eigenvalue weighted by atomic mass is 9.43. The first-order chi connectivity index (χ1) is 13.7. The lowest BCUT2D eigenvalue weighted by molar-refractivity contribution is 0.327. The van der Waals surface area contributed by atoms with Gasteiger partial charge in [-0.25, -0.2) is 0 Å². The molecule has 0 radical (unpaired) electrons. The van der Waals surface area contributed by atoms with E-state index in [0.29, 0.717) is 5.92 Å². The van der Waals surface area contributed by atoms with Gasteiger partial charge in [0.05, 0.1) is 5.69 Å². The third kappa shape index (κ3) is 2.78. The van der Waals surface area contributed by atoms with Crippen LogP contribution in [0.25, 0.3) is 33.2 Å². The second kappa shape index (κ2) is 6.84. The molecule has 0 saturated heterocycles. The van der Waals surface area contributed by atoms with Gasteiger partial charge < -0.3 is 4.42 Å². The van der Waals surface area contributed by atoms with Gasteiger partial charge in [0.25, 0.3) is 0 Å². The second-order valence-electron chi connectivity index (χ2n) is 8.74. The Morgan fingerprint density at radius 1 is 0.857 bits per heavy atom. The Balaban J connectivity index is 1.71. The highest BCUT2D eigenvalue weighted by Gasteiger charge is 2.34. The van der Waals surface area contributed by atoms with Crippen LogP contribution in [0.5, 0.6) is 0 Å². The predicted octanol–water partition coefficient (Wildman–Crippen LogP) is 4.65. The van der Waals surface area contributed by atoms with Crippen LogP contribution in [0.4, 0.5) is 0 Å². The molecule has 138 valence electrons. The Labute approximate surface area is 168 Å². The molecule has 0 unspecified atom stereocenters. The first-order valence-electron chi connectivity index (χ1n) is 10.5. The lowest BCUT2D eigenvalue weighted by Crippen LogP contribution is -2.38. The van der Waals surface area contributed by atoms with Gasteiger partial charge in [-0.3, -0.25) is 4.98 Å². The standard InChI is InChI=1S/C24H25B2NO/c25-24(26,16-8-2-1-3-9-16)20-13-7-15-27-22(20)19-12-6-11-18-17-10-4-5-14-21(17)28-23(18)19/h4-7,10-16H,1-3,8-9,25-26H2. The highest BCUT2D eigenvalue weighted by molar-refractivity contribution is 6.40. The highest BCUT2D eigenvalue weighted by Crippen LogP contribution is 2.42. The summed E-state index contributed by atoms with van der Waals surface area (Å²) < 4.78 is 6.31. The van der Waals surface area contributed by atoms with Crippen LogP contribution in [0.15, 0.2) is 65.2 Å². The summed E-state index contributed by atoms with van der Waals surface area (Å²) in [6, 6.07) is 19.1. The molecule has 2 aromatic heterocycles. The van der Waals surface area contributed by atoms with Crippen molar-refractivity contribution in [3.8, 4) is 11.3 Å². The maximum atomic E-state index is 6.31. The fourth-order valence-electron chi connectivity index (χ4n) is 5.12. The van der Waals surface area contributed by atoms with E-state index in [9.17, 15) is 0 Å². The number of hydrogen-bond acceptors (Lipinski definition) is 2. The summed E-state index contributed by atoms with van der Waals surface area (Å²) in [4.78, 5) is 4.87. The van der Waals surface area contributed by atoms with Gasteiger partial charge in [0.15, 0.2) is 0 Å². The number of benzene rings is 2. The van der Waals surface area contributed by atoms with E-state index >= 15 is 0 Å². The fraction of sp³-hybridized carbons (Fsp3) is 0.292. The summed E-state index contributed by atoms with van der Waals surface area (Å²) >= 11 is 0. The summed E-state index contributed by atoms with van der Waals surface area (Å²) in [6.07, 6.45) is 8.63. The molecule has 0 atom stereocenters. The van der Waals surface area contributed by atoms with Crippen molar-refractivity contribution in [1.82, 2.24) is 4.98 Å². The molecule has 1 aliphatic rings. The minimum Gasteiger partial charge on any atom is -0.455 e. The summed E-state index contributed by atoms with van der Waals surface area (Å²) in [5, 5.41) is 2.43. The van der Waals surface area contributed by atoms with E-state index in [2.05, 4.69) is 58.2 Å². The van der Waals surface area contributed by atoms with Crippen molar-refractivity contribution in [2.24, 2.45) is 5.92 Å². The molecule has 0 aliphatic heterocycles. The largest absolute Gasteiger partial charge is 0.455 e. The van der Waals surface area contributed by atoms with E-state index < -0.39 is 0 Å². The van der Waals surface area contributed by atoms with E-state index in [1.807, 2.05) is 18.3 Å². The number of para-hydroxylation sites is 2. The number of pyridine rings is 1. The van der Waals surface area contributed by atoms with Crippen LogP contribution in [0.2, 0.25) is 0 Å². The summed E-state index contributed by atoms with van der Waals surface area (Å²) in [6.45, 7) is 0. The molecule has 0 amide bonds. The normalized spacial score (nSPS) is 16.0. The van der Waals surface area contributed by atoms with Crippen LogP contribution in [0.3, 0.4) is 0 Å².